The first-order chi connectivity index (χ1) is 13.2. The molecule has 0 saturated carbocycles. The zero-order valence-electron chi connectivity index (χ0n) is 14.1. The number of nitrogens with zero attached hydrogens (tertiary/aromatic N) is 6. The third-order valence-corrected chi connectivity index (χ3v) is 4.14. The Hall–Kier alpha value is -3.11. The van der Waals surface area contributed by atoms with Crippen molar-refractivity contribution < 1.29 is 9.53 Å². The Labute approximate surface area is 159 Å². The number of pyridine rings is 1. The average molecular weight is 387 g/mol. The first-order valence-corrected chi connectivity index (χ1v) is 8.59. The van der Waals surface area contributed by atoms with Crippen molar-refractivity contribution in [3.8, 4) is 11.5 Å². The summed E-state index contributed by atoms with van der Waals surface area (Å²) in [6.07, 6.45) is 3.05. The van der Waals surface area contributed by atoms with E-state index in [0.29, 0.717) is 43.8 Å². The van der Waals surface area contributed by atoms with Gasteiger partial charge < -0.3 is 9.64 Å². The zero-order valence-corrected chi connectivity index (χ0v) is 14.8. The van der Waals surface area contributed by atoms with Crippen LogP contribution in [-0.4, -0.2) is 62.3 Å². The summed E-state index contributed by atoms with van der Waals surface area (Å²) in [7, 11) is 0. The number of hydrogen-bond acceptors (Lipinski definition) is 8. The predicted molar refractivity (Wildman–Crippen MR) is 97.6 cm³/mol. The van der Waals surface area contributed by atoms with Crippen LogP contribution in [0.2, 0.25) is 5.02 Å². The van der Waals surface area contributed by atoms with E-state index in [1.165, 1.54) is 6.20 Å². The van der Waals surface area contributed by atoms with E-state index >= 15 is 0 Å². The fraction of sp³-hybridized carbons (Fsp3) is 0.250. The number of H-pyrrole nitrogens is 1. The van der Waals surface area contributed by atoms with E-state index < -0.39 is 5.91 Å². The number of hydrogen-bond donors (Lipinski definition) is 2. The van der Waals surface area contributed by atoms with Crippen molar-refractivity contribution in [1.29, 1.82) is 0 Å². The van der Waals surface area contributed by atoms with Crippen molar-refractivity contribution in [2.75, 3.05) is 36.5 Å². The summed E-state index contributed by atoms with van der Waals surface area (Å²) < 4.78 is 5.31. The van der Waals surface area contributed by atoms with E-state index in [2.05, 4.69) is 35.5 Å². The van der Waals surface area contributed by atoms with Gasteiger partial charge in [0.2, 0.25) is 11.9 Å². The first-order valence-electron chi connectivity index (χ1n) is 8.21. The Kier molecular flexibility index (Phi) is 4.90. The molecule has 1 amide bonds. The minimum atomic E-state index is -0.525. The molecule has 0 atom stereocenters. The van der Waals surface area contributed by atoms with Gasteiger partial charge in [-0.15, -0.1) is 5.10 Å². The van der Waals surface area contributed by atoms with Gasteiger partial charge in [0.1, 0.15) is 5.69 Å². The molecule has 138 valence electrons. The number of ether oxygens (including phenoxy) is 1. The van der Waals surface area contributed by atoms with Gasteiger partial charge in [0.15, 0.2) is 11.5 Å². The SMILES string of the molecule is O=C(Nc1n[nH]c(-c2ccccn2)n1)c1nc(N2CCOCC2)ncc1Cl. The van der Waals surface area contributed by atoms with Crippen molar-refractivity contribution in [1.82, 2.24) is 30.1 Å². The summed E-state index contributed by atoms with van der Waals surface area (Å²) in [6, 6.07) is 5.41. The van der Waals surface area contributed by atoms with Gasteiger partial charge in [0.05, 0.1) is 24.4 Å². The third-order valence-electron chi connectivity index (χ3n) is 3.86. The lowest BCUT2D eigenvalue weighted by Gasteiger charge is -2.26. The third kappa shape index (κ3) is 3.86. The molecule has 0 aliphatic carbocycles. The molecule has 2 N–H and O–H groups in total. The highest BCUT2D eigenvalue weighted by Crippen LogP contribution is 2.19. The monoisotopic (exact) mass is 386 g/mol. The Morgan fingerprint density at radius 2 is 2.07 bits per heavy atom. The number of carbonyl (C=O) groups excluding carboxylic acids is 1. The number of aromatic amines is 1. The number of carbonyl (C=O) groups is 1. The molecule has 1 fully saturated rings. The minimum Gasteiger partial charge on any atom is -0.378 e. The molecule has 0 bridgehead atoms. The van der Waals surface area contributed by atoms with Crippen LogP contribution in [0.4, 0.5) is 11.9 Å². The van der Waals surface area contributed by atoms with Crippen molar-refractivity contribution in [3.05, 3.63) is 41.3 Å². The number of nitrogens with one attached hydrogen (secondary N) is 2. The largest absolute Gasteiger partial charge is 0.378 e. The summed E-state index contributed by atoms with van der Waals surface area (Å²) in [5.41, 5.74) is 0.664. The van der Waals surface area contributed by atoms with Crippen LogP contribution in [0, 0.1) is 0 Å². The molecule has 10 nitrogen and oxygen atoms in total. The summed E-state index contributed by atoms with van der Waals surface area (Å²) >= 11 is 6.11. The molecular weight excluding hydrogens is 372 g/mol. The summed E-state index contributed by atoms with van der Waals surface area (Å²) in [5, 5.41) is 9.43. The maximum atomic E-state index is 12.6. The standard InChI is InChI=1S/C16H15ClN8O2/c17-10-9-19-16(25-5-7-27-8-6-25)20-12(10)14(26)22-15-21-13(23-24-15)11-3-1-2-4-18-11/h1-4,9H,5-8H2,(H2,21,22,23,24,26). The molecule has 3 aromatic heterocycles. The molecule has 0 radical (unpaired) electrons. The van der Waals surface area contributed by atoms with E-state index in [0.717, 1.165) is 0 Å². The van der Waals surface area contributed by atoms with Gasteiger partial charge >= 0.3 is 0 Å². The smallest absolute Gasteiger partial charge is 0.278 e. The fourth-order valence-electron chi connectivity index (χ4n) is 2.53. The molecule has 11 heteroatoms. The lowest BCUT2D eigenvalue weighted by Crippen LogP contribution is -2.37. The lowest BCUT2D eigenvalue weighted by molar-refractivity contribution is 0.102. The van der Waals surface area contributed by atoms with Gasteiger partial charge in [0, 0.05) is 19.3 Å². The molecular formula is C16H15ClN8O2. The molecule has 4 heterocycles. The minimum absolute atomic E-state index is 0.0531. The van der Waals surface area contributed by atoms with Crippen LogP contribution in [0.1, 0.15) is 10.5 Å². The zero-order chi connectivity index (χ0) is 18.6. The molecule has 4 rings (SSSR count). The number of halogens is 1. The molecule has 1 aliphatic heterocycles. The van der Waals surface area contributed by atoms with Gasteiger partial charge in [0.25, 0.3) is 5.91 Å². The van der Waals surface area contributed by atoms with Crippen LogP contribution in [0.15, 0.2) is 30.6 Å². The molecule has 1 saturated heterocycles. The molecule has 27 heavy (non-hydrogen) atoms. The van der Waals surface area contributed by atoms with E-state index in [9.17, 15) is 4.79 Å². The number of aromatic nitrogens is 6. The number of morpholine rings is 1. The highest BCUT2D eigenvalue weighted by molar-refractivity contribution is 6.33. The normalized spacial score (nSPS) is 14.2. The fourth-order valence-corrected chi connectivity index (χ4v) is 2.71. The Balaban J connectivity index is 1.52. The van der Waals surface area contributed by atoms with E-state index in [-0.39, 0.29) is 16.7 Å². The summed E-state index contributed by atoms with van der Waals surface area (Å²) in [4.78, 5) is 31.4. The second-order valence-electron chi connectivity index (χ2n) is 5.64. The number of rotatable bonds is 4. The van der Waals surface area contributed by atoms with E-state index in [1.54, 1.807) is 18.3 Å². The summed E-state index contributed by atoms with van der Waals surface area (Å²) in [6.45, 7) is 2.47. The molecule has 1 aliphatic rings. The van der Waals surface area contributed by atoms with Crippen LogP contribution in [0.25, 0.3) is 11.5 Å². The Morgan fingerprint density at radius 3 is 2.85 bits per heavy atom. The van der Waals surface area contributed by atoms with E-state index in [1.807, 2.05) is 11.0 Å². The second-order valence-corrected chi connectivity index (χ2v) is 6.05. The van der Waals surface area contributed by atoms with Crippen molar-refractivity contribution in [2.45, 2.75) is 0 Å². The maximum Gasteiger partial charge on any atom is 0.278 e. The quantitative estimate of drug-likeness (QED) is 0.690. The Bertz CT molecular complexity index is 943. The van der Waals surface area contributed by atoms with Crippen LogP contribution < -0.4 is 10.2 Å². The summed E-state index contributed by atoms with van der Waals surface area (Å²) in [5.74, 6) is 0.442. The van der Waals surface area contributed by atoms with Gasteiger partial charge in [-0.05, 0) is 12.1 Å². The maximum absolute atomic E-state index is 12.6. The number of amides is 1. The Morgan fingerprint density at radius 1 is 1.22 bits per heavy atom. The van der Waals surface area contributed by atoms with Crippen molar-refractivity contribution >= 4 is 29.4 Å². The van der Waals surface area contributed by atoms with Gasteiger partial charge in [-0.25, -0.2) is 9.97 Å². The second kappa shape index (κ2) is 7.64. The van der Waals surface area contributed by atoms with E-state index in [4.69, 9.17) is 16.3 Å². The highest BCUT2D eigenvalue weighted by atomic mass is 35.5. The molecule has 0 aromatic carbocycles. The van der Waals surface area contributed by atoms with Crippen molar-refractivity contribution in [2.24, 2.45) is 0 Å². The predicted octanol–water partition coefficient (Wildman–Crippen LogP) is 1.40. The molecule has 0 spiro atoms. The highest BCUT2D eigenvalue weighted by Gasteiger charge is 2.20. The van der Waals surface area contributed by atoms with Gasteiger partial charge in [-0.1, -0.05) is 17.7 Å². The van der Waals surface area contributed by atoms with Gasteiger partial charge in [-0.2, -0.15) is 4.98 Å². The van der Waals surface area contributed by atoms with Crippen LogP contribution in [0.5, 0.6) is 0 Å². The molecule has 0 unspecified atom stereocenters. The van der Waals surface area contributed by atoms with Crippen molar-refractivity contribution in [3.63, 3.8) is 0 Å². The number of anilines is 2. The first kappa shape index (κ1) is 17.3. The van der Waals surface area contributed by atoms with Crippen LogP contribution in [-0.2, 0) is 4.74 Å². The van der Waals surface area contributed by atoms with Gasteiger partial charge in [-0.3, -0.25) is 20.2 Å². The lowest BCUT2D eigenvalue weighted by atomic mass is 10.3. The van der Waals surface area contributed by atoms with Crippen LogP contribution in [0.3, 0.4) is 0 Å². The molecule has 3 aromatic rings. The average Bonchev–Trinajstić information content (AvgIpc) is 3.18. The topological polar surface area (TPSA) is 122 Å². The van der Waals surface area contributed by atoms with Crippen LogP contribution >= 0.6 is 11.6 Å².